The highest BCUT2D eigenvalue weighted by Crippen LogP contribution is 2.39. The Morgan fingerprint density at radius 1 is 1.33 bits per heavy atom. The van der Waals surface area contributed by atoms with Crippen LogP contribution in [-0.2, 0) is 11.3 Å². The van der Waals surface area contributed by atoms with Gasteiger partial charge in [-0.3, -0.25) is 4.79 Å². The quantitative estimate of drug-likeness (QED) is 0.862. The second-order valence-electron chi connectivity index (χ2n) is 5.79. The molecule has 1 aromatic carbocycles. The van der Waals surface area contributed by atoms with E-state index in [1.165, 1.54) is 0 Å². The van der Waals surface area contributed by atoms with E-state index in [9.17, 15) is 9.90 Å². The molecule has 6 nitrogen and oxygen atoms in total. The minimum Gasteiger partial charge on any atom is -0.496 e. The number of fused-ring (bicyclic) bond motifs is 1. The van der Waals surface area contributed by atoms with Gasteiger partial charge in [0, 0.05) is 17.7 Å². The van der Waals surface area contributed by atoms with Gasteiger partial charge in [-0.05, 0) is 26.0 Å². The van der Waals surface area contributed by atoms with E-state index in [2.05, 4.69) is 0 Å². The molecule has 0 radical (unpaired) electrons. The molecular weight excluding hydrogens is 272 g/mol. The van der Waals surface area contributed by atoms with Crippen molar-refractivity contribution in [3.8, 4) is 11.5 Å². The maximum absolute atomic E-state index is 12.3. The van der Waals surface area contributed by atoms with Crippen molar-refractivity contribution in [2.75, 3.05) is 20.8 Å². The molecule has 1 aliphatic rings. The molecule has 0 saturated carbocycles. The molecule has 1 amide bonds. The van der Waals surface area contributed by atoms with Gasteiger partial charge in [0.05, 0.1) is 26.3 Å². The zero-order valence-electron chi connectivity index (χ0n) is 12.8. The summed E-state index contributed by atoms with van der Waals surface area (Å²) in [5, 5.41) is 10.4. The Bertz CT molecular complexity index is 551. The number of carbonyl (C=O) groups excluding carboxylic acids is 1. The average Bonchev–Trinajstić information content (AvgIpc) is 2.44. The number of aliphatic hydroxyl groups excluding tert-OH is 1. The molecule has 116 valence electrons. The van der Waals surface area contributed by atoms with Crippen LogP contribution < -0.4 is 15.2 Å². The molecule has 0 saturated heterocycles. The minimum atomic E-state index is -0.983. The van der Waals surface area contributed by atoms with Gasteiger partial charge in [0.15, 0.2) is 0 Å². The molecule has 3 N–H and O–H groups in total. The first-order valence-electron chi connectivity index (χ1n) is 6.79. The summed E-state index contributed by atoms with van der Waals surface area (Å²) in [6.07, 6.45) is -0.829. The number of ether oxygens (including phenoxy) is 2. The van der Waals surface area contributed by atoms with E-state index in [1.54, 1.807) is 45.1 Å². The lowest BCUT2D eigenvalue weighted by Crippen LogP contribution is -2.53. The Kier molecular flexibility index (Phi) is 4.11. The number of amides is 1. The van der Waals surface area contributed by atoms with Crippen LogP contribution in [0, 0.1) is 0 Å². The fraction of sp³-hybridized carbons (Fsp3) is 0.533. The maximum atomic E-state index is 12.3. The molecule has 0 aromatic heterocycles. The second kappa shape index (κ2) is 5.54. The van der Waals surface area contributed by atoms with Crippen LogP contribution in [-0.4, -0.2) is 42.2 Å². The molecule has 1 aliphatic heterocycles. The molecular formula is C15H22N2O4. The summed E-state index contributed by atoms with van der Waals surface area (Å²) in [6, 6.07) is 3.52. The number of rotatable bonds is 3. The zero-order chi connectivity index (χ0) is 15.8. The van der Waals surface area contributed by atoms with Crippen molar-refractivity contribution in [2.24, 2.45) is 5.73 Å². The lowest BCUT2D eigenvalue weighted by Gasteiger charge is -2.36. The van der Waals surface area contributed by atoms with Crippen LogP contribution in [0.1, 0.15) is 31.1 Å². The van der Waals surface area contributed by atoms with Crippen LogP contribution in [0.5, 0.6) is 11.5 Å². The third-order valence-electron chi connectivity index (χ3n) is 3.63. The predicted octanol–water partition coefficient (Wildman–Crippen LogP) is 0.817. The lowest BCUT2D eigenvalue weighted by atomic mass is 9.93. The Morgan fingerprint density at radius 3 is 2.43 bits per heavy atom. The van der Waals surface area contributed by atoms with Gasteiger partial charge in [-0.2, -0.15) is 0 Å². The van der Waals surface area contributed by atoms with Crippen molar-refractivity contribution in [2.45, 2.75) is 32.0 Å². The van der Waals surface area contributed by atoms with Gasteiger partial charge in [-0.1, -0.05) is 0 Å². The highest BCUT2D eigenvalue weighted by Gasteiger charge is 2.36. The Balaban J connectivity index is 2.45. The monoisotopic (exact) mass is 294 g/mol. The molecule has 2 rings (SSSR count). The highest BCUT2D eigenvalue weighted by molar-refractivity contribution is 5.85. The van der Waals surface area contributed by atoms with Crippen molar-refractivity contribution in [1.82, 2.24) is 4.90 Å². The Morgan fingerprint density at radius 2 is 1.90 bits per heavy atom. The van der Waals surface area contributed by atoms with Crippen LogP contribution in [0.4, 0.5) is 0 Å². The van der Waals surface area contributed by atoms with Crippen molar-refractivity contribution in [3.63, 3.8) is 0 Å². The SMILES string of the molecule is COc1ccc(OC)c2c1CN(C(=O)C(C)(C)N)CC2O. The third-order valence-corrected chi connectivity index (χ3v) is 3.63. The first kappa shape index (κ1) is 15.6. The van der Waals surface area contributed by atoms with Crippen LogP contribution in [0.2, 0.25) is 0 Å². The van der Waals surface area contributed by atoms with Gasteiger partial charge in [0.1, 0.15) is 17.6 Å². The van der Waals surface area contributed by atoms with Crippen molar-refractivity contribution < 1.29 is 19.4 Å². The topological polar surface area (TPSA) is 85.0 Å². The van der Waals surface area contributed by atoms with E-state index in [4.69, 9.17) is 15.2 Å². The van der Waals surface area contributed by atoms with E-state index >= 15 is 0 Å². The molecule has 0 spiro atoms. The van der Waals surface area contributed by atoms with Gasteiger partial charge in [-0.15, -0.1) is 0 Å². The number of nitrogens with two attached hydrogens (primary N) is 1. The average molecular weight is 294 g/mol. The van der Waals surface area contributed by atoms with Gasteiger partial charge in [0.2, 0.25) is 5.91 Å². The normalized spacial score (nSPS) is 18.2. The van der Waals surface area contributed by atoms with E-state index < -0.39 is 11.6 Å². The second-order valence-corrected chi connectivity index (χ2v) is 5.79. The Hall–Kier alpha value is -1.79. The molecule has 1 heterocycles. The first-order valence-corrected chi connectivity index (χ1v) is 6.79. The molecule has 0 aliphatic carbocycles. The fourth-order valence-electron chi connectivity index (χ4n) is 2.64. The minimum absolute atomic E-state index is 0.190. The van der Waals surface area contributed by atoms with Gasteiger partial charge in [0.25, 0.3) is 0 Å². The number of nitrogens with zero attached hydrogens (tertiary/aromatic N) is 1. The summed E-state index contributed by atoms with van der Waals surface area (Å²) in [6.45, 7) is 3.84. The van der Waals surface area contributed by atoms with Crippen LogP contribution in [0.15, 0.2) is 12.1 Å². The number of hydrogen-bond donors (Lipinski definition) is 2. The molecule has 1 atom stereocenters. The third kappa shape index (κ3) is 2.82. The van der Waals surface area contributed by atoms with Gasteiger partial charge >= 0.3 is 0 Å². The molecule has 0 fully saturated rings. The van der Waals surface area contributed by atoms with E-state index in [0.29, 0.717) is 23.6 Å². The summed E-state index contributed by atoms with van der Waals surface area (Å²) >= 11 is 0. The number of carbonyl (C=O) groups is 1. The summed E-state index contributed by atoms with van der Waals surface area (Å²) in [5.74, 6) is 1.01. The maximum Gasteiger partial charge on any atom is 0.242 e. The van der Waals surface area contributed by atoms with Gasteiger partial charge < -0.3 is 25.2 Å². The van der Waals surface area contributed by atoms with Crippen molar-refractivity contribution in [1.29, 1.82) is 0 Å². The van der Waals surface area contributed by atoms with Crippen molar-refractivity contribution in [3.05, 3.63) is 23.3 Å². The van der Waals surface area contributed by atoms with Crippen LogP contribution >= 0.6 is 0 Å². The molecule has 21 heavy (non-hydrogen) atoms. The van der Waals surface area contributed by atoms with Gasteiger partial charge in [-0.25, -0.2) is 0 Å². The van der Waals surface area contributed by atoms with Crippen molar-refractivity contribution >= 4 is 5.91 Å². The number of methoxy groups -OCH3 is 2. The Labute approximate surface area is 124 Å². The molecule has 6 heteroatoms. The largest absolute Gasteiger partial charge is 0.496 e. The van der Waals surface area contributed by atoms with E-state index in [-0.39, 0.29) is 12.5 Å². The summed E-state index contributed by atoms with van der Waals surface area (Å²) in [4.78, 5) is 13.9. The first-order chi connectivity index (χ1) is 9.79. The number of benzene rings is 1. The van der Waals surface area contributed by atoms with Crippen LogP contribution in [0.3, 0.4) is 0 Å². The zero-order valence-corrected chi connectivity index (χ0v) is 12.8. The number of hydrogen-bond acceptors (Lipinski definition) is 5. The smallest absolute Gasteiger partial charge is 0.242 e. The predicted molar refractivity (Wildman–Crippen MR) is 78.2 cm³/mol. The molecule has 0 bridgehead atoms. The fourth-order valence-corrected chi connectivity index (χ4v) is 2.64. The summed E-state index contributed by atoms with van der Waals surface area (Å²) < 4.78 is 10.6. The highest BCUT2D eigenvalue weighted by atomic mass is 16.5. The molecule has 1 unspecified atom stereocenters. The van der Waals surface area contributed by atoms with E-state index in [1.807, 2.05) is 0 Å². The summed E-state index contributed by atoms with van der Waals surface area (Å²) in [7, 11) is 3.11. The van der Waals surface area contributed by atoms with Crippen LogP contribution in [0.25, 0.3) is 0 Å². The number of β-amino-alcohol motifs (C(OH)–C–C–N with tert-alkyl or cyclic N) is 1. The summed E-state index contributed by atoms with van der Waals surface area (Å²) in [5.41, 5.74) is 6.32. The van der Waals surface area contributed by atoms with E-state index in [0.717, 1.165) is 5.56 Å². The lowest BCUT2D eigenvalue weighted by molar-refractivity contribution is -0.138. The standard InChI is InChI=1S/C15H22N2O4/c1-15(2,16)14(19)17-7-9-11(20-3)5-6-12(21-4)13(9)10(18)8-17/h5-6,10,18H,7-8,16H2,1-4H3. The molecule has 1 aromatic rings. The number of aliphatic hydroxyl groups is 1.